The van der Waals surface area contributed by atoms with E-state index in [1.54, 1.807) is 7.11 Å². The number of nitrogen functional groups attached to an aromatic ring is 1. The molecule has 2 heteroatoms. The summed E-state index contributed by atoms with van der Waals surface area (Å²) in [7, 11) is 1.72. The van der Waals surface area contributed by atoms with Crippen molar-refractivity contribution in [1.29, 1.82) is 0 Å². The average molecular weight is 165 g/mol. The van der Waals surface area contributed by atoms with Crippen LogP contribution in [0.4, 0.5) is 5.69 Å². The molecule has 12 heavy (non-hydrogen) atoms. The van der Waals surface area contributed by atoms with Crippen LogP contribution in [0.2, 0.25) is 0 Å². The van der Waals surface area contributed by atoms with E-state index in [-0.39, 0.29) is 0 Å². The average Bonchev–Trinajstić information content (AvgIpc) is 2.09. The third kappa shape index (κ3) is 2.55. The molecule has 0 saturated heterocycles. The summed E-state index contributed by atoms with van der Waals surface area (Å²) in [5.74, 6) is 0. The Morgan fingerprint density at radius 2 is 2.08 bits per heavy atom. The topological polar surface area (TPSA) is 35.2 Å². The number of anilines is 1. The fourth-order valence-corrected chi connectivity index (χ4v) is 1.17. The number of nitrogens with two attached hydrogens (primary N) is 1. The van der Waals surface area contributed by atoms with Gasteiger partial charge in [0.2, 0.25) is 0 Å². The van der Waals surface area contributed by atoms with Crippen molar-refractivity contribution in [3.63, 3.8) is 0 Å². The van der Waals surface area contributed by atoms with Gasteiger partial charge in [-0.05, 0) is 24.5 Å². The van der Waals surface area contributed by atoms with Crippen molar-refractivity contribution in [1.82, 2.24) is 0 Å². The molecule has 2 nitrogen and oxygen atoms in total. The van der Waals surface area contributed by atoms with Gasteiger partial charge in [0.25, 0.3) is 0 Å². The van der Waals surface area contributed by atoms with E-state index in [0.29, 0.717) is 0 Å². The van der Waals surface area contributed by atoms with Crippen LogP contribution in [0, 0.1) is 0 Å². The molecule has 0 heterocycles. The molecule has 0 aliphatic heterocycles. The first-order valence-corrected chi connectivity index (χ1v) is 4.17. The van der Waals surface area contributed by atoms with Crippen LogP contribution < -0.4 is 5.73 Å². The number of benzene rings is 1. The molecule has 0 saturated carbocycles. The molecule has 0 fully saturated rings. The van der Waals surface area contributed by atoms with Gasteiger partial charge in [0.1, 0.15) is 0 Å². The van der Waals surface area contributed by atoms with E-state index in [1.807, 2.05) is 18.2 Å². The van der Waals surface area contributed by atoms with Crippen molar-refractivity contribution >= 4 is 5.69 Å². The number of para-hydroxylation sites is 1. The molecule has 0 atom stereocenters. The van der Waals surface area contributed by atoms with Crippen LogP contribution in [0.15, 0.2) is 24.3 Å². The standard InChI is InChI=1S/C10H15NO/c1-12-8-4-6-9-5-2-3-7-10(9)11/h2-3,5,7H,4,6,8,11H2,1H3. The van der Waals surface area contributed by atoms with E-state index in [2.05, 4.69) is 6.07 Å². The number of methoxy groups -OCH3 is 1. The van der Waals surface area contributed by atoms with Crippen LogP contribution in [0.25, 0.3) is 0 Å². The number of ether oxygens (including phenoxy) is 1. The predicted molar refractivity (Wildman–Crippen MR) is 51.1 cm³/mol. The lowest BCUT2D eigenvalue weighted by molar-refractivity contribution is 0.195. The molecule has 0 aromatic heterocycles. The van der Waals surface area contributed by atoms with E-state index in [4.69, 9.17) is 10.5 Å². The third-order valence-corrected chi connectivity index (χ3v) is 1.85. The highest BCUT2D eigenvalue weighted by molar-refractivity contribution is 5.46. The molecule has 0 spiro atoms. The van der Waals surface area contributed by atoms with Gasteiger partial charge >= 0.3 is 0 Å². The van der Waals surface area contributed by atoms with Gasteiger partial charge in [-0.1, -0.05) is 18.2 Å². The zero-order chi connectivity index (χ0) is 8.81. The minimum absolute atomic E-state index is 0.800. The molecule has 0 aliphatic carbocycles. The Kier molecular flexibility index (Phi) is 3.61. The minimum Gasteiger partial charge on any atom is -0.399 e. The van der Waals surface area contributed by atoms with Crippen LogP contribution in [-0.2, 0) is 11.2 Å². The summed E-state index contributed by atoms with van der Waals surface area (Å²) in [6, 6.07) is 7.96. The van der Waals surface area contributed by atoms with Gasteiger partial charge in [0.05, 0.1) is 0 Å². The molecular weight excluding hydrogens is 150 g/mol. The zero-order valence-electron chi connectivity index (χ0n) is 7.42. The van der Waals surface area contributed by atoms with Crippen molar-refractivity contribution < 1.29 is 4.74 Å². The molecule has 0 radical (unpaired) electrons. The van der Waals surface area contributed by atoms with Gasteiger partial charge in [-0.15, -0.1) is 0 Å². The number of aryl methyl sites for hydroxylation is 1. The fraction of sp³-hybridized carbons (Fsp3) is 0.400. The second-order valence-corrected chi connectivity index (χ2v) is 2.80. The van der Waals surface area contributed by atoms with Crippen LogP contribution in [0.1, 0.15) is 12.0 Å². The van der Waals surface area contributed by atoms with E-state index in [1.165, 1.54) is 5.56 Å². The first kappa shape index (κ1) is 9.07. The highest BCUT2D eigenvalue weighted by atomic mass is 16.5. The summed E-state index contributed by atoms with van der Waals surface area (Å²) >= 11 is 0. The van der Waals surface area contributed by atoms with Crippen LogP contribution in [0.5, 0.6) is 0 Å². The molecule has 1 aromatic carbocycles. The Morgan fingerprint density at radius 3 is 2.75 bits per heavy atom. The summed E-state index contributed by atoms with van der Waals surface area (Å²) in [6.45, 7) is 0.800. The maximum atomic E-state index is 5.76. The first-order chi connectivity index (χ1) is 5.84. The Morgan fingerprint density at radius 1 is 1.33 bits per heavy atom. The summed E-state index contributed by atoms with van der Waals surface area (Å²) in [6.07, 6.45) is 2.03. The summed E-state index contributed by atoms with van der Waals surface area (Å²) in [4.78, 5) is 0. The Balaban J connectivity index is 2.46. The molecule has 0 unspecified atom stereocenters. The highest BCUT2D eigenvalue weighted by Crippen LogP contribution is 2.12. The fourth-order valence-electron chi connectivity index (χ4n) is 1.17. The lowest BCUT2D eigenvalue weighted by Gasteiger charge is -2.03. The largest absolute Gasteiger partial charge is 0.399 e. The molecular formula is C10H15NO. The summed E-state index contributed by atoms with van der Waals surface area (Å²) in [5.41, 5.74) is 7.86. The lowest BCUT2D eigenvalue weighted by Crippen LogP contribution is -1.96. The van der Waals surface area contributed by atoms with E-state index < -0.39 is 0 Å². The lowest BCUT2D eigenvalue weighted by atomic mass is 10.1. The number of hydrogen-bond donors (Lipinski definition) is 1. The van der Waals surface area contributed by atoms with Gasteiger partial charge in [0, 0.05) is 19.4 Å². The smallest absolute Gasteiger partial charge is 0.0465 e. The quantitative estimate of drug-likeness (QED) is 0.546. The van der Waals surface area contributed by atoms with Crippen molar-refractivity contribution in [2.24, 2.45) is 0 Å². The maximum absolute atomic E-state index is 5.76. The van der Waals surface area contributed by atoms with E-state index >= 15 is 0 Å². The Hall–Kier alpha value is -1.02. The molecule has 0 amide bonds. The number of rotatable bonds is 4. The normalized spacial score (nSPS) is 10.1. The predicted octanol–water partition coefficient (Wildman–Crippen LogP) is 1.85. The first-order valence-electron chi connectivity index (χ1n) is 4.17. The van der Waals surface area contributed by atoms with Gasteiger partial charge in [0.15, 0.2) is 0 Å². The molecule has 1 aromatic rings. The molecule has 0 bridgehead atoms. The van der Waals surface area contributed by atoms with Crippen molar-refractivity contribution in [3.05, 3.63) is 29.8 Å². The van der Waals surface area contributed by atoms with Gasteiger partial charge in [-0.3, -0.25) is 0 Å². The summed E-state index contributed by atoms with van der Waals surface area (Å²) in [5, 5.41) is 0. The highest BCUT2D eigenvalue weighted by Gasteiger charge is 1.96. The molecule has 66 valence electrons. The van der Waals surface area contributed by atoms with E-state index in [9.17, 15) is 0 Å². The van der Waals surface area contributed by atoms with Gasteiger partial charge in [-0.2, -0.15) is 0 Å². The van der Waals surface area contributed by atoms with Gasteiger partial charge in [-0.25, -0.2) is 0 Å². The minimum atomic E-state index is 0.800. The van der Waals surface area contributed by atoms with E-state index in [0.717, 1.165) is 25.1 Å². The van der Waals surface area contributed by atoms with Crippen molar-refractivity contribution in [3.8, 4) is 0 Å². The van der Waals surface area contributed by atoms with Crippen LogP contribution in [0.3, 0.4) is 0 Å². The molecule has 0 aliphatic rings. The molecule has 2 N–H and O–H groups in total. The Labute approximate surface area is 73.3 Å². The van der Waals surface area contributed by atoms with Crippen LogP contribution >= 0.6 is 0 Å². The summed E-state index contributed by atoms with van der Waals surface area (Å²) < 4.78 is 4.96. The SMILES string of the molecule is COCCCc1ccccc1N. The Bertz CT molecular complexity index is 235. The second-order valence-electron chi connectivity index (χ2n) is 2.80. The number of hydrogen-bond acceptors (Lipinski definition) is 2. The maximum Gasteiger partial charge on any atom is 0.0465 e. The monoisotopic (exact) mass is 165 g/mol. The molecule has 1 rings (SSSR count). The van der Waals surface area contributed by atoms with Crippen LogP contribution in [-0.4, -0.2) is 13.7 Å². The van der Waals surface area contributed by atoms with Gasteiger partial charge < -0.3 is 10.5 Å². The third-order valence-electron chi connectivity index (χ3n) is 1.85. The second kappa shape index (κ2) is 4.78. The van der Waals surface area contributed by atoms with Crippen molar-refractivity contribution in [2.75, 3.05) is 19.5 Å². The van der Waals surface area contributed by atoms with Crippen molar-refractivity contribution in [2.45, 2.75) is 12.8 Å². The zero-order valence-corrected chi connectivity index (χ0v) is 7.42.